The summed E-state index contributed by atoms with van der Waals surface area (Å²) in [6.07, 6.45) is 5.04. The molecule has 0 aliphatic carbocycles. The van der Waals surface area contributed by atoms with Gasteiger partial charge in [0.1, 0.15) is 10.6 Å². The van der Waals surface area contributed by atoms with Crippen LogP contribution in [0.15, 0.2) is 29.3 Å². The SMILES string of the molecule is COc1ccc(C)cc1S(=O)(=O)N1CCCCCC1c1c(Cl)cnn1C. The zero-order valence-electron chi connectivity index (χ0n) is 15.3. The van der Waals surface area contributed by atoms with Crippen LogP contribution in [-0.4, -0.2) is 36.2 Å². The number of hydrogen-bond donors (Lipinski definition) is 0. The Labute approximate surface area is 159 Å². The fourth-order valence-electron chi connectivity index (χ4n) is 3.55. The standard InChI is InChI=1S/C18H24ClN3O3S/c1-13-8-9-16(25-3)17(11-13)26(23,24)22-10-6-4-5-7-15(22)18-14(19)12-20-21(18)2/h8-9,11-12,15H,4-7,10H2,1-3H3. The highest BCUT2D eigenvalue weighted by molar-refractivity contribution is 7.89. The number of halogens is 1. The van der Waals surface area contributed by atoms with Crippen LogP contribution < -0.4 is 4.74 Å². The fraction of sp³-hybridized carbons (Fsp3) is 0.500. The van der Waals surface area contributed by atoms with Gasteiger partial charge in [0.2, 0.25) is 10.0 Å². The molecule has 0 amide bonds. The molecule has 1 fully saturated rings. The van der Waals surface area contributed by atoms with E-state index < -0.39 is 10.0 Å². The number of aromatic nitrogens is 2. The Morgan fingerprint density at radius 3 is 2.69 bits per heavy atom. The average Bonchev–Trinajstić information content (AvgIpc) is 2.81. The first-order valence-corrected chi connectivity index (χ1v) is 10.5. The minimum absolute atomic E-state index is 0.199. The predicted molar refractivity (Wildman–Crippen MR) is 101 cm³/mol. The lowest BCUT2D eigenvalue weighted by molar-refractivity contribution is 0.313. The maximum atomic E-state index is 13.6. The summed E-state index contributed by atoms with van der Waals surface area (Å²) >= 11 is 6.35. The summed E-state index contributed by atoms with van der Waals surface area (Å²) in [6.45, 7) is 2.32. The van der Waals surface area contributed by atoms with Crippen molar-refractivity contribution in [1.29, 1.82) is 0 Å². The van der Waals surface area contributed by atoms with Crippen molar-refractivity contribution in [1.82, 2.24) is 14.1 Å². The van der Waals surface area contributed by atoms with E-state index in [0.29, 0.717) is 23.7 Å². The van der Waals surface area contributed by atoms with E-state index in [1.807, 2.05) is 13.0 Å². The molecule has 6 nitrogen and oxygen atoms in total. The number of rotatable bonds is 4. The van der Waals surface area contributed by atoms with E-state index in [-0.39, 0.29) is 10.9 Å². The maximum Gasteiger partial charge on any atom is 0.247 e. The van der Waals surface area contributed by atoms with Gasteiger partial charge in [0, 0.05) is 13.6 Å². The Balaban J connectivity index is 2.13. The number of ether oxygens (including phenoxy) is 1. The summed E-state index contributed by atoms with van der Waals surface area (Å²) in [5.41, 5.74) is 1.61. The Morgan fingerprint density at radius 1 is 1.27 bits per heavy atom. The number of nitrogens with zero attached hydrogens (tertiary/aromatic N) is 3. The molecule has 8 heteroatoms. The third kappa shape index (κ3) is 3.48. The molecule has 1 atom stereocenters. The van der Waals surface area contributed by atoms with Gasteiger partial charge in [-0.25, -0.2) is 8.42 Å². The first-order chi connectivity index (χ1) is 12.4. The van der Waals surface area contributed by atoms with E-state index in [1.165, 1.54) is 7.11 Å². The van der Waals surface area contributed by atoms with Gasteiger partial charge in [0.15, 0.2) is 0 Å². The van der Waals surface area contributed by atoms with Gasteiger partial charge in [-0.05, 0) is 37.5 Å². The van der Waals surface area contributed by atoms with E-state index in [0.717, 1.165) is 30.5 Å². The topological polar surface area (TPSA) is 64.4 Å². The number of hydrogen-bond acceptors (Lipinski definition) is 4. The van der Waals surface area contributed by atoms with Crippen LogP contribution in [0.3, 0.4) is 0 Å². The van der Waals surface area contributed by atoms with Crippen molar-refractivity contribution < 1.29 is 13.2 Å². The predicted octanol–water partition coefficient (Wildman–Crippen LogP) is 3.70. The highest BCUT2D eigenvalue weighted by Gasteiger charge is 2.37. The largest absolute Gasteiger partial charge is 0.495 e. The van der Waals surface area contributed by atoms with Gasteiger partial charge in [0.25, 0.3) is 0 Å². The summed E-state index contributed by atoms with van der Waals surface area (Å²) in [7, 11) is -0.467. The van der Waals surface area contributed by atoms with E-state index >= 15 is 0 Å². The zero-order chi connectivity index (χ0) is 18.9. The second-order valence-corrected chi connectivity index (χ2v) is 8.90. The Bertz CT molecular complexity index is 876. The van der Waals surface area contributed by atoms with Crippen LogP contribution in [0.5, 0.6) is 5.75 Å². The Hall–Kier alpha value is -1.57. The van der Waals surface area contributed by atoms with Crippen LogP contribution in [0.2, 0.25) is 5.02 Å². The molecule has 26 heavy (non-hydrogen) atoms. The Kier molecular flexibility index (Phi) is 5.60. The van der Waals surface area contributed by atoms with Crippen molar-refractivity contribution in [2.24, 2.45) is 7.05 Å². The highest BCUT2D eigenvalue weighted by Crippen LogP contribution is 2.39. The molecular formula is C18H24ClN3O3S. The molecule has 1 aliphatic heterocycles. The van der Waals surface area contributed by atoms with E-state index in [1.54, 1.807) is 34.4 Å². The first-order valence-electron chi connectivity index (χ1n) is 8.70. The molecule has 0 spiro atoms. The van der Waals surface area contributed by atoms with Crippen LogP contribution >= 0.6 is 11.6 Å². The Morgan fingerprint density at radius 2 is 2.04 bits per heavy atom. The summed E-state index contributed by atoms with van der Waals surface area (Å²) in [5, 5.41) is 4.69. The molecule has 1 aromatic carbocycles. The molecule has 0 saturated carbocycles. The minimum Gasteiger partial charge on any atom is -0.495 e. The number of sulfonamides is 1. The van der Waals surface area contributed by atoms with E-state index in [9.17, 15) is 8.42 Å². The van der Waals surface area contributed by atoms with Crippen molar-refractivity contribution in [3.05, 3.63) is 40.7 Å². The second kappa shape index (κ2) is 7.58. The van der Waals surface area contributed by atoms with Crippen LogP contribution in [0.1, 0.15) is 43.0 Å². The van der Waals surface area contributed by atoms with E-state index in [4.69, 9.17) is 16.3 Å². The normalized spacial score (nSPS) is 19.3. The molecule has 0 N–H and O–H groups in total. The van der Waals surface area contributed by atoms with E-state index in [2.05, 4.69) is 5.10 Å². The molecule has 142 valence electrons. The molecule has 2 aromatic rings. The quantitative estimate of drug-likeness (QED) is 0.789. The zero-order valence-corrected chi connectivity index (χ0v) is 16.8. The first kappa shape index (κ1) is 19.2. The summed E-state index contributed by atoms with van der Waals surface area (Å²) < 4.78 is 35.7. The second-order valence-electron chi connectivity index (χ2n) is 6.64. The molecular weight excluding hydrogens is 374 g/mol. The molecule has 1 aromatic heterocycles. The lowest BCUT2D eigenvalue weighted by atomic mass is 10.1. The van der Waals surface area contributed by atoms with Gasteiger partial charge in [-0.15, -0.1) is 0 Å². The maximum absolute atomic E-state index is 13.6. The van der Waals surface area contributed by atoms with Gasteiger partial charge >= 0.3 is 0 Å². The number of aryl methyl sites for hydroxylation is 2. The van der Waals surface area contributed by atoms with Gasteiger partial charge < -0.3 is 4.74 Å². The third-order valence-corrected chi connectivity index (χ3v) is 7.08. The smallest absolute Gasteiger partial charge is 0.247 e. The van der Waals surface area contributed by atoms with Crippen LogP contribution in [-0.2, 0) is 17.1 Å². The molecule has 1 unspecified atom stereocenters. The average molecular weight is 398 g/mol. The molecule has 0 radical (unpaired) electrons. The molecule has 3 rings (SSSR count). The highest BCUT2D eigenvalue weighted by atomic mass is 35.5. The van der Waals surface area contributed by atoms with Crippen molar-refractivity contribution >= 4 is 21.6 Å². The monoisotopic (exact) mass is 397 g/mol. The van der Waals surface area contributed by atoms with Crippen LogP contribution in [0.25, 0.3) is 0 Å². The number of methoxy groups -OCH3 is 1. The minimum atomic E-state index is -3.75. The van der Waals surface area contributed by atoms with Gasteiger partial charge in [-0.3, -0.25) is 4.68 Å². The van der Waals surface area contributed by atoms with Gasteiger partial charge in [0.05, 0.1) is 30.1 Å². The van der Waals surface area contributed by atoms with Crippen molar-refractivity contribution in [3.63, 3.8) is 0 Å². The number of benzene rings is 1. The third-order valence-electron chi connectivity index (χ3n) is 4.86. The van der Waals surface area contributed by atoms with Crippen molar-refractivity contribution in [2.45, 2.75) is 43.5 Å². The van der Waals surface area contributed by atoms with Crippen molar-refractivity contribution in [3.8, 4) is 5.75 Å². The summed E-state index contributed by atoms with van der Waals surface area (Å²) in [4.78, 5) is 0.199. The molecule has 1 aliphatic rings. The van der Waals surface area contributed by atoms with Gasteiger partial charge in [-0.2, -0.15) is 9.40 Å². The van der Waals surface area contributed by atoms with Gasteiger partial charge in [-0.1, -0.05) is 30.5 Å². The molecule has 0 bridgehead atoms. The van der Waals surface area contributed by atoms with Crippen LogP contribution in [0.4, 0.5) is 0 Å². The summed E-state index contributed by atoms with van der Waals surface area (Å²) in [5.74, 6) is 0.356. The fourth-order valence-corrected chi connectivity index (χ4v) is 5.74. The van der Waals surface area contributed by atoms with Crippen molar-refractivity contribution in [2.75, 3.05) is 13.7 Å². The lowest BCUT2D eigenvalue weighted by Crippen LogP contribution is -2.36. The molecule has 1 saturated heterocycles. The molecule has 2 heterocycles. The van der Waals surface area contributed by atoms with Crippen LogP contribution in [0, 0.1) is 6.92 Å². The summed E-state index contributed by atoms with van der Waals surface area (Å²) in [6, 6.07) is 4.87. The lowest BCUT2D eigenvalue weighted by Gasteiger charge is -2.30.